The van der Waals surface area contributed by atoms with Gasteiger partial charge in [-0.1, -0.05) is 83.1 Å². The number of cyclic esters (lactones) is 2. The van der Waals surface area contributed by atoms with Crippen molar-refractivity contribution < 1.29 is 38.2 Å². The molecule has 13 nitrogen and oxygen atoms in total. The van der Waals surface area contributed by atoms with Crippen molar-refractivity contribution in [2.45, 2.75) is 107 Å². The summed E-state index contributed by atoms with van der Waals surface area (Å²) < 4.78 is 16.0. The second kappa shape index (κ2) is 13.9. The Hall–Kier alpha value is -3.42. The van der Waals surface area contributed by atoms with Gasteiger partial charge >= 0.3 is 18.0 Å². The van der Waals surface area contributed by atoms with Gasteiger partial charge in [-0.05, 0) is 10.8 Å². The van der Waals surface area contributed by atoms with E-state index in [2.05, 4.69) is 24.1 Å². The molecule has 3 unspecified atom stereocenters. The molecule has 0 saturated carbocycles. The van der Waals surface area contributed by atoms with Crippen LogP contribution < -0.4 is 16.2 Å². The third-order valence-electron chi connectivity index (χ3n) is 6.27. The zero-order valence-corrected chi connectivity index (χ0v) is 28.0. The van der Waals surface area contributed by atoms with Gasteiger partial charge in [0.1, 0.15) is 24.1 Å². The van der Waals surface area contributed by atoms with E-state index in [0.29, 0.717) is 5.69 Å². The number of aromatic nitrogens is 2. The van der Waals surface area contributed by atoms with Crippen LogP contribution in [0.25, 0.3) is 0 Å². The molecule has 0 bridgehead atoms. The average Bonchev–Trinajstić information content (AvgIpc) is 3.55. The first kappa shape index (κ1) is 37.6. The molecule has 1 aromatic rings. The van der Waals surface area contributed by atoms with E-state index < -0.39 is 30.1 Å². The summed E-state index contributed by atoms with van der Waals surface area (Å²) in [5.74, 6) is -1.74. The molecule has 3 N–H and O–H groups in total. The van der Waals surface area contributed by atoms with E-state index in [0.717, 1.165) is 11.7 Å². The van der Waals surface area contributed by atoms with Crippen LogP contribution in [0.2, 0.25) is 0 Å². The van der Waals surface area contributed by atoms with Gasteiger partial charge in [-0.3, -0.25) is 38.5 Å². The van der Waals surface area contributed by atoms with Crippen LogP contribution in [-0.2, 0) is 38.9 Å². The topological polar surface area (TPSA) is 191 Å². The van der Waals surface area contributed by atoms with E-state index in [1.165, 1.54) is 0 Å². The fraction of sp³-hybridized carbons (Fsp3) is 0.724. The SMILES string of the molecule is CC(C)(C)C1C(=O)COC1=O.CC(C)(C)C1NC(=O)NC1=O.CC(C)(C)C1OC(=O)CC1=O.CC(C)(C)c1ns[nH]c1=O. The molecule has 3 saturated heterocycles. The van der Waals surface area contributed by atoms with Gasteiger partial charge in [0.2, 0.25) is 0 Å². The van der Waals surface area contributed by atoms with Crippen molar-refractivity contribution in [2.75, 3.05) is 6.61 Å². The molecule has 3 aliphatic heterocycles. The quantitative estimate of drug-likeness (QED) is 0.219. The zero-order chi connectivity index (χ0) is 33.7. The van der Waals surface area contributed by atoms with E-state index >= 15 is 0 Å². The van der Waals surface area contributed by atoms with Crippen molar-refractivity contribution in [2.24, 2.45) is 22.2 Å². The van der Waals surface area contributed by atoms with E-state index in [-0.39, 0.29) is 63.7 Å². The van der Waals surface area contributed by atoms with Crippen molar-refractivity contribution in [3.05, 3.63) is 16.0 Å². The molecule has 1 aromatic heterocycles. The molecule has 43 heavy (non-hydrogen) atoms. The van der Waals surface area contributed by atoms with Crippen molar-refractivity contribution in [3.8, 4) is 0 Å². The number of imide groups is 1. The molecule has 0 aromatic carbocycles. The molecule has 4 heterocycles. The van der Waals surface area contributed by atoms with Crippen LogP contribution in [0.1, 0.15) is 95.2 Å². The van der Waals surface area contributed by atoms with E-state index in [4.69, 9.17) is 4.74 Å². The lowest BCUT2D eigenvalue weighted by atomic mass is 9.79. The molecule has 3 atom stereocenters. The molecule has 14 heteroatoms. The van der Waals surface area contributed by atoms with Crippen LogP contribution in [0.15, 0.2) is 4.79 Å². The highest BCUT2D eigenvalue weighted by atomic mass is 32.1. The number of ether oxygens (including phenoxy) is 2. The van der Waals surface area contributed by atoms with Crippen LogP contribution in [0.3, 0.4) is 0 Å². The second-order valence-corrected chi connectivity index (χ2v) is 15.3. The van der Waals surface area contributed by atoms with Gasteiger partial charge in [-0.15, -0.1) is 0 Å². The fourth-order valence-electron chi connectivity index (χ4n) is 4.11. The summed E-state index contributed by atoms with van der Waals surface area (Å²) in [5, 5.41) is 4.73. The Kier molecular flexibility index (Phi) is 12.2. The molecule has 0 spiro atoms. The standard InChI is InChI=1S/2C8H12O3.C7H12N2O2.C6H10N2OS/c1-8(2,3)6-5(9)4-11-7(6)10;1-8(2,3)7-5(9)4-6(10)11-7;1-7(2,3)4-5(10)9-6(11)8-4;1-6(2,3)4-5(9)8-10-7-4/h6H,4H2,1-3H3;7H,4H2,1-3H3;4H,1-3H3,(H2,8,9,10,11);1-3H3,(H,8,9). The molecule has 0 aliphatic carbocycles. The summed E-state index contributed by atoms with van der Waals surface area (Å²) in [6, 6.07) is -0.787. The van der Waals surface area contributed by atoms with Gasteiger partial charge in [0.25, 0.3) is 11.5 Å². The summed E-state index contributed by atoms with van der Waals surface area (Å²) in [6.45, 7) is 22.8. The first-order chi connectivity index (χ1) is 19.3. The Balaban J connectivity index is 0.000000287. The molecule has 4 rings (SSSR count). The monoisotopic (exact) mass is 626 g/mol. The number of aromatic amines is 1. The number of hydrogen-bond acceptors (Lipinski definition) is 11. The Morgan fingerprint density at radius 3 is 1.51 bits per heavy atom. The van der Waals surface area contributed by atoms with E-state index in [1.807, 2.05) is 83.1 Å². The molecule has 3 amide bonds. The number of amides is 3. The number of rotatable bonds is 0. The lowest BCUT2D eigenvalue weighted by molar-refractivity contribution is -0.147. The summed E-state index contributed by atoms with van der Waals surface area (Å²) in [4.78, 5) is 76.5. The van der Waals surface area contributed by atoms with Crippen LogP contribution >= 0.6 is 11.7 Å². The minimum atomic E-state index is -0.553. The van der Waals surface area contributed by atoms with Gasteiger partial charge in [-0.2, -0.15) is 4.37 Å². The first-order valence-corrected chi connectivity index (χ1v) is 14.6. The summed E-state index contributed by atoms with van der Waals surface area (Å²) in [6.07, 6.45) is -0.586. The maximum atomic E-state index is 11.1. The predicted molar refractivity (Wildman–Crippen MR) is 159 cm³/mol. The molecule has 3 aliphatic rings. The third kappa shape index (κ3) is 11.3. The Morgan fingerprint density at radius 1 is 0.767 bits per heavy atom. The average molecular weight is 627 g/mol. The van der Waals surface area contributed by atoms with E-state index in [9.17, 15) is 33.6 Å². The molecular weight excluding hydrogens is 580 g/mol. The second-order valence-electron chi connectivity index (χ2n) is 14.7. The smallest absolute Gasteiger partial charge is 0.322 e. The van der Waals surface area contributed by atoms with Gasteiger partial charge in [0.05, 0.1) is 0 Å². The lowest BCUT2D eigenvalue weighted by Gasteiger charge is -2.23. The number of nitrogens with zero attached hydrogens (tertiary/aromatic N) is 1. The van der Waals surface area contributed by atoms with Crippen molar-refractivity contribution in [3.63, 3.8) is 0 Å². The minimum absolute atomic E-state index is 0.0409. The maximum absolute atomic E-state index is 11.1. The molecule has 242 valence electrons. The van der Waals surface area contributed by atoms with Gasteiger partial charge < -0.3 is 14.8 Å². The van der Waals surface area contributed by atoms with Gasteiger partial charge in [0, 0.05) is 22.6 Å². The summed E-state index contributed by atoms with van der Waals surface area (Å²) in [7, 11) is 0. The van der Waals surface area contributed by atoms with Crippen LogP contribution in [0, 0.1) is 22.2 Å². The summed E-state index contributed by atoms with van der Waals surface area (Å²) in [5.41, 5.74) is -0.340. The van der Waals surface area contributed by atoms with Crippen molar-refractivity contribution >= 4 is 47.2 Å². The molecule has 0 radical (unpaired) electrons. The van der Waals surface area contributed by atoms with Crippen LogP contribution in [0.4, 0.5) is 4.79 Å². The van der Waals surface area contributed by atoms with Gasteiger partial charge in [-0.25, -0.2) is 4.79 Å². The largest absolute Gasteiger partial charge is 0.457 e. The number of H-pyrrole nitrogens is 1. The summed E-state index contributed by atoms with van der Waals surface area (Å²) >= 11 is 1.11. The van der Waals surface area contributed by atoms with Gasteiger partial charge in [0.15, 0.2) is 24.3 Å². The Labute approximate surface area is 256 Å². The lowest BCUT2D eigenvalue weighted by Crippen LogP contribution is -2.41. The number of esters is 2. The first-order valence-electron chi connectivity index (χ1n) is 13.8. The number of Topliss-reactive ketones (excluding diaryl/α,β-unsaturated/α-hetero) is 2. The number of nitrogens with one attached hydrogen (secondary N) is 3. The number of ketones is 2. The Bertz CT molecular complexity index is 1200. The Morgan fingerprint density at radius 2 is 1.33 bits per heavy atom. The highest BCUT2D eigenvalue weighted by molar-refractivity contribution is 6.99. The normalized spacial score (nSPS) is 22.2. The fourth-order valence-corrected chi connectivity index (χ4v) is 4.79. The zero-order valence-electron chi connectivity index (χ0n) is 27.2. The highest BCUT2D eigenvalue weighted by Crippen LogP contribution is 2.31. The molecular formula is C29H46N4O9S. The number of urea groups is 1. The third-order valence-corrected chi connectivity index (χ3v) is 6.82. The number of carbonyl (C=O) groups is 6. The molecule has 3 fully saturated rings. The minimum Gasteiger partial charge on any atom is -0.457 e. The predicted octanol–water partition coefficient (Wildman–Crippen LogP) is 3.06. The maximum Gasteiger partial charge on any atom is 0.322 e. The van der Waals surface area contributed by atoms with Crippen LogP contribution in [-0.4, -0.2) is 62.9 Å². The number of carbonyl (C=O) groups excluding carboxylic acids is 6. The van der Waals surface area contributed by atoms with E-state index in [1.54, 1.807) is 0 Å². The highest BCUT2D eigenvalue weighted by Gasteiger charge is 2.43. The number of hydrogen-bond donors (Lipinski definition) is 3. The van der Waals surface area contributed by atoms with Crippen LogP contribution in [0.5, 0.6) is 0 Å². The van der Waals surface area contributed by atoms with Crippen molar-refractivity contribution in [1.29, 1.82) is 0 Å². The van der Waals surface area contributed by atoms with Crippen molar-refractivity contribution in [1.82, 2.24) is 19.4 Å².